The summed E-state index contributed by atoms with van der Waals surface area (Å²) in [4.78, 5) is 26.7. The predicted octanol–water partition coefficient (Wildman–Crippen LogP) is 4.42. The first-order valence-electron chi connectivity index (χ1n) is 8.08. The van der Waals surface area contributed by atoms with Crippen LogP contribution in [-0.4, -0.2) is 26.9 Å². The van der Waals surface area contributed by atoms with E-state index in [2.05, 4.69) is 20.9 Å². The van der Waals surface area contributed by atoms with Crippen LogP contribution in [0, 0.1) is 24.0 Å². The number of nitro groups is 1. The van der Waals surface area contributed by atoms with E-state index in [1.807, 2.05) is 42.7 Å². The van der Waals surface area contributed by atoms with E-state index in [0.717, 1.165) is 21.5 Å². The molecule has 138 valence electrons. The zero-order chi connectivity index (χ0) is 19.6. The van der Waals surface area contributed by atoms with Crippen LogP contribution in [0.25, 0.3) is 5.69 Å². The number of ether oxygens (including phenoxy) is 1. The van der Waals surface area contributed by atoms with E-state index in [9.17, 15) is 14.9 Å². The third-order valence-electron chi connectivity index (χ3n) is 4.08. The number of hydrogen-bond acceptors (Lipinski definition) is 5. The lowest BCUT2D eigenvalue weighted by molar-refractivity contribution is -0.390. The van der Waals surface area contributed by atoms with Gasteiger partial charge in [0.1, 0.15) is 6.20 Å². The Morgan fingerprint density at radius 2 is 2.04 bits per heavy atom. The Kier molecular flexibility index (Phi) is 5.36. The van der Waals surface area contributed by atoms with Gasteiger partial charge in [-0.25, -0.2) is 0 Å². The molecule has 1 aromatic carbocycles. The van der Waals surface area contributed by atoms with Gasteiger partial charge in [0.15, 0.2) is 6.61 Å². The normalized spacial score (nSPS) is 10.6. The highest BCUT2D eigenvalue weighted by molar-refractivity contribution is 9.10. The third kappa shape index (κ3) is 3.90. The SMILES string of the molecule is Cc1cc(C(=O)COc2cccnc2[N+](=O)[O-])c(C)n1-c1cccc(Br)c1. The summed E-state index contributed by atoms with van der Waals surface area (Å²) in [7, 11) is 0. The highest BCUT2D eigenvalue weighted by atomic mass is 79.9. The van der Waals surface area contributed by atoms with Crippen LogP contribution in [0.5, 0.6) is 5.75 Å². The third-order valence-corrected chi connectivity index (χ3v) is 4.57. The smallest absolute Gasteiger partial charge is 0.406 e. The van der Waals surface area contributed by atoms with Crippen LogP contribution < -0.4 is 4.74 Å². The van der Waals surface area contributed by atoms with E-state index in [1.54, 1.807) is 6.07 Å². The van der Waals surface area contributed by atoms with Crippen LogP contribution >= 0.6 is 15.9 Å². The fraction of sp³-hybridized carbons (Fsp3) is 0.158. The molecule has 0 unspecified atom stereocenters. The second kappa shape index (κ2) is 7.71. The van der Waals surface area contributed by atoms with Crippen molar-refractivity contribution in [1.29, 1.82) is 0 Å². The second-order valence-corrected chi connectivity index (χ2v) is 6.81. The van der Waals surface area contributed by atoms with Gasteiger partial charge in [-0.2, -0.15) is 0 Å². The second-order valence-electron chi connectivity index (χ2n) is 5.89. The first-order valence-corrected chi connectivity index (χ1v) is 8.88. The fourth-order valence-corrected chi connectivity index (χ4v) is 3.30. The van der Waals surface area contributed by atoms with Gasteiger partial charge in [0.05, 0.1) is 0 Å². The number of benzene rings is 1. The Bertz CT molecular complexity index is 1030. The van der Waals surface area contributed by atoms with Crippen molar-refractivity contribution in [2.24, 2.45) is 0 Å². The maximum absolute atomic E-state index is 12.6. The summed E-state index contributed by atoms with van der Waals surface area (Å²) in [6.45, 7) is 3.46. The number of hydrogen-bond donors (Lipinski definition) is 0. The number of carbonyl (C=O) groups is 1. The Balaban J connectivity index is 1.85. The van der Waals surface area contributed by atoms with Gasteiger partial charge >= 0.3 is 5.82 Å². The summed E-state index contributed by atoms with van der Waals surface area (Å²) < 4.78 is 8.29. The first kappa shape index (κ1) is 18.8. The molecule has 0 saturated carbocycles. The van der Waals surface area contributed by atoms with Crippen LogP contribution in [0.1, 0.15) is 21.7 Å². The molecule has 0 aliphatic rings. The van der Waals surface area contributed by atoms with Crippen molar-refractivity contribution in [3.8, 4) is 11.4 Å². The molecule has 0 aliphatic carbocycles. The minimum atomic E-state index is -0.640. The van der Waals surface area contributed by atoms with Crippen molar-refractivity contribution in [2.75, 3.05) is 6.61 Å². The van der Waals surface area contributed by atoms with E-state index in [-0.39, 0.29) is 18.1 Å². The van der Waals surface area contributed by atoms with Gasteiger partial charge in [-0.1, -0.05) is 22.0 Å². The number of Topliss-reactive ketones (excluding diaryl/α,β-unsaturated/α-hetero) is 1. The van der Waals surface area contributed by atoms with Crippen LogP contribution in [-0.2, 0) is 0 Å². The Morgan fingerprint density at radius 3 is 2.74 bits per heavy atom. The number of aryl methyl sites for hydroxylation is 1. The lowest BCUT2D eigenvalue weighted by Crippen LogP contribution is -2.13. The number of carbonyl (C=O) groups excluding carboxylic acids is 1. The van der Waals surface area contributed by atoms with Gasteiger partial charge in [-0.05, 0) is 60.2 Å². The molecule has 8 heteroatoms. The zero-order valence-corrected chi connectivity index (χ0v) is 16.3. The maximum Gasteiger partial charge on any atom is 0.406 e. The zero-order valence-electron chi connectivity index (χ0n) is 14.7. The van der Waals surface area contributed by atoms with Gasteiger partial charge in [-0.3, -0.25) is 4.79 Å². The monoisotopic (exact) mass is 429 g/mol. The summed E-state index contributed by atoms with van der Waals surface area (Å²) in [5.41, 5.74) is 3.13. The molecule has 3 rings (SSSR count). The quantitative estimate of drug-likeness (QED) is 0.328. The molecule has 0 atom stereocenters. The van der Waals surface area contributed by atoms with Gasteiger partial charge in [0.2, 0.25) is 11.5 Å². The Labute approximate surface area is 163 Å². The molecular formula is C19H16BrN3O4. The molecule has 27 heavy (non-hydrogen) atoms. The number of nitrogens with zero attached hydrogens (tertiary/aromatic N) is 3. The molecule has 0 saturated heterocycles. The average molecular weight is 430 g/mol. The van der Waals surface area contributed by atoms with Gasteiger partial charge in [0.25, 0.3) is 0 Å². The van der Waals surface area contributed by atoms with Gasteiger partial charge in [-0.15, -0.1) is 0 Å². The molecule has 7 nitrogen and oxygen atoms in total. The topological polar surface area (TPSA) is 87.3 Å². The molecular weight excluding hydrogens is 414 g/mol. The van der Waals surface area contributed by atoms with E-state index in [0.29, 0.717) is 5.56 Å². The Morgan fingerprint density at radius 1 is 1.26 bits per heavy atom. The van der Waals surface area contributed by atoms with E-state index >= 15 is 0 Å². The Hall–Kier alpha value is -3.00. The minimum absolute atomic E-state index is 0.0309. The summed E-state index contributed by atoms with van der Waals surface area (Å²) >= 11 is 3.45. The number of pyridine rings is 1. The highest BCUT2D eigenvalue weighted by Gasteiger charge is 2.20. The van der Waals surface area contributed by atoms with Crippen molar-refractivity contribution in [1.82, 2.24) is 9.55 Å². The molecule has 0 aliphatic heterocycles. The van der Waals surface area contributed by atoms with Crippen LogP contribution in [0.15, 0.2) is 53.1 Å². The average Bonchev–Trinajstić information content (AvgIpc) is 2.94. The van der Waals surface area contributed by atoms with Crippen molar-refractivity contribution in [3.63, 3.8) is 0 Å². The largest absolute Gasteiger partial charge is 0.477 e. The van der Waals surface area contributed by atoms with Crippen LogP contribution in [0.4, 0.5) is 5.82 Å². The number of ketones is 1. The van der Waals surface area contributed by atoms with E-state index < -0.39 is 10.7 Å². The van der Waals surface area contributed by atoms with E-state index in [1.165, 1.54) is 18.3 Å². The molecule has 0 fully saturated rings. The molecule has 0 radical (unpaired) electrons. The minimum Gasteiger partial charge on any atom is -0.477 e. The summed E-state index contributed by atoms with van der Waals surface area (Å²) in [6, 6.07) is 12.5. The van der Waals surface area contributed by atoms with Gasteiger partial charge in [0, 0.05) is 27.1 Å². The standard InChI is InChI=1S/C19H16BrN3O4/c1-12-9-16(13(2)22(12)15-6-3-5-14(20)10-15)17(24)11-27-18-7-4-8-21-19(18)23(25)26/h3-10H,11H2,1-2H3. The van der Waals surface area contributed by atoms with Crippen molar-refractivity contribution in [3.05, 3.63) is 80.2 Å². The van der Waals surface area contributed by atoms with Crippen LogP contribution in [0.3, 0.4) is 0 Å². The van der Waals surface area contributed by atoms with Crippen molar-refractivity contribution >= 4 is 27.5 Å². The number of halogens is 1. The van der Waals surface area contributed by atoms with Crippen molar-refractivity contribution in [2.45, 2.75) is 13.8 Å². The fourth-order valence-electron chi connectivity index (χ4n) is 2.91. The summed E-state index contributed by atoms with van der Waals surface area (Å²) in [5, 5.41) is 11.0. The summed E-state index contributed by atoms with van der Waals surface area (Å²) in [5.74, 6) is -0.705. The highest BCUT2D eigenvalue weighted by Crippen LogP contribution is 2.25. The van der Waals surface area contributed by atoms with Crippen LogP contribution in [0.2, 0.25) is 0 Å². The molecule has 0 N–H and O–H groups in total. The summed E-state index contributed by atoms with van der Waals surface area (Å²) in [6.07, 6.45) is 1.30. The lowest BCUT2D eigenvalue weighted by atomic mass is 10.1. The molecule has 3 aromatic rings. The predicted molar refractivity (Wildman–Crippen MR) is 104 cm³/mol. The van der Waals surface area contributed by atoms with Gasteiger partial charge < -0.3 is 19.4 Å². The molecule has 0 bridgehead atoms. The lowest BCUT2D eigenvalue weighted by Gasteiger charge is -2.10. The molecule has 0 spiro atoms. The maximum atomic E-state index is 12.6. The van der Waals surface area contributed by atoms with E-state index in [4.69, 9.17) is 4.74 Å². The molecule has 0 amide bonds. The number of aromatic nitrogens is 2. The van der Waals surface area contributed by atoms with Crippen molar-refractivity contribution < 1.29 is 14.5 Å². The molecule has 2 heterocycles. The first-order chi connectivity index (χ1) is 12.9. The number of rotatable bonds is 6. The molecule has 2 aromatic heterocycles.